The van der Waals surface area contributed by atoms with Crippen molar-refractivity contribution in [2.45, 2.75) is 13.2 Å². The number of benzene rings is 1. The summed E-state index contributed by atoms with van der Waals surface area (Å²) < 4.78 is 7.77. The molecule has 5 heteroatoms. The van der Waals surface area contributed by atoms with E-state index in [1.54, 1.807) is 11.9 Å². The molecule has 0 spiro atoms. The molecule has 0 aromatic heterocycles. The first-order chi connectivity index (χ1) is 7.25. The van der Waals surface area contributed by atoms with Crippen molar-refractivity contribution in [3.05, 3.63) is 29.3 Å². The van der Waals surface area contributed by atoms with E-state index in [2.05, 4.69) is 9.30 Å². The number of hydrogen-bond donors (Lipinski definition) is 0. The van der Waals surface area contributed by atoms with Crippen LogP contribution in [0.25, 0.3) is 0 Å². The van der Waals surface area contributed by atoms with Crippen LogP contribution in [0.5, 0.6) is 5.75 Å². The molecule has 1 aromatic carbocycles. The minimum absolute atomic E-state index is 0.00123. The van der Waals surface area contributed by atoms with Crippen LogP contribution in [-0.4, -0.2) is 22.7 Å². The molecule has 0 aliphatic carbocycles. The number of hydrogen-bond acceptors (Lipinski definition) is 4. The van der Waals surface area contributed by atoms with Crippen molar-refractivity contribution in [3.8, 4) is 5.75 Å². The summed E-state index contributed by atoms with van der Waals surface area (Å²) in [5.74, 6) is 0.819. The molecule has 1 aliphatic rings. The van der Waals surface area contributed by atoms with Crippen molar-refractivity contribution in [1.82, 2.24) is 4.31 Å². The predicted molar refractivity (Wildman–Crippen MR) is 64.3 cm³/mol. The Morgan fingerprint density at radius 3 is 2.80 bits per heavy atom. The van der Waals surface area contributed by atoms with Crippen molar-refractivity contribution >= 4 is 29.1 Å². The van der Waals surface area contributed by atoms with Gasteiger partial charge in [0.25, 0.3) is 0 Å². The van der Waals surface area contributed by atoms with Crippen LogP contribution in [0.3, 0.4) is 0 Å². The van der Waals surface area contributed by atoms with Gasteiger partial charge in [-0.1, -0.05) is 11.6 Å². The zero-order valence-corrected chi connectivity index (χ0v) is 9.83. The second-order valence-corrected chi connectivity index (χ2v) is 4.45. The summed E-state index contributed by atoms with van der Waals surface area (Å²) in [5, 5.41) is 0.717. The number of ether oxygens (including phenoxy) is 1. The predicted octanol–water partition coefficient (Wildman–Crippen LogP) is 3.01. The van der Waals surface area contributed by atoms with Crippen molar-refractivity contribution in [2.75, 3.05) is 6.67 Å². The monoisotopic (exact) mass is 242 g/mol. The Labute approximate surface area is 98.2 Å². The van der Waals surface area contributed by atoms with E-state index in [0.717, 1.165) is 5.75 Å². The Kier molecular flexibility index (Phi) is 3.51. The van der Waals surface area contributed by atoms with Gasteiger partial charge >= 0.3 is 0 Å². The van der Waals surface area contributed by atoms with E-state index in [-0.39, 0.29) is 6.23 Å². The van der Waals surface area contributed by atoms with Gasteiger partial charge in [0.15, 0.2) is 6.23 Å². The van der Waals surface area contributed by atoms with Crippen LogP contribution >= 0.6 is 23.5 Å². The highest BCUT2D eigenvalue weighted by atomic mass is 35.5. The molecule has 1 unspecified atom stereocenters. The van der Waals surface area contributed by atoms with Crippen LogP contribution in [0, 0.1) is 0 Å². The zero-order valence-electron chi connectivity index (χ0n) is 8.26. The van der Waals surface area contributed by atoms with Crippen LogP contribution in [-0.2, 0) is 0 Å². The minimum Gasteiger partial charge on any atom is -0.475 e. The Balaban J connectivity index is 1.93. The Morgan fingerprint density at radius 2 is 2.20 bits per heavy atom. The molecule has 0 radical (unpaired) electrons. The van der Waals surface area contributed by atoms with E-state index >= 15 is 0 Å². The maximum Gasteiger partial charge on any atom is 0.160 e. The highest BCUT2D eigenvalue weighted by Crippen LogP contribution is 2.22. The van der Waals surface area contributed by atoms with Crippen LogP contribution in [0.4, 0.5) is 0 Å². The van der Waals surface area contributed by atoms with Crippen LogP contribution < -0.4 is 4.74 Å². The van der Waals surface area contributed by atoms with Gasteiger partial charge in [-0.05, 0) is 43.1 Å². The van der Waals surface area contributed by atoms with E-state index in [0.29, 0.717) is 11.7 Å². The highest BCUT2D eigenvalue weighted by molar-refractivity contribution is 8.10. The van der Waals surface area contributed by atoms with Crippen LogP contribution in [0.15, 0.2) is 29.3 Å². The lowest BCUT2D eigenvalue weighted by atomic mass is 10.3. The Morgan fingerprint density at radius 1 is 1.47 bits per heavy atom. The average Bonchev–Trinajstić information content (AvgIpc) is 2.74. The smallest absolute Gasteiger partial charge is 0.160 e. The molecule has 1 atom stereocenters. The van der Waals surface area contributed by atoms with Crippen LogP contribution in [0.1, 0.15) is 6.92 Å². The standard InChI is InChI=1S/C10H11ClN2OS/c1-8(13-6-12-7-15-13)14-10-4-2-9(11)3-5-10/h2-5,7-8H,6H2,1H3. The fourth-order valence-electron chi connectivity index (χ4n) is 1.21. The molecule has 1 aliphatic heterocycles. The third kappa shape index (κ3) is 2.87. The molecule has 0 N–H and O–H groups in total. The molecule has 0 saturated heterocycles. The summed E-state index contributed by atoms with van der Waals surface area (Å²) in [6.45, 7) is 2.68. The molecule has 0 saturated carbocycles. The van der Waals surface area contributed by atoms with Gasteiger partial charge in [-0.15, -0.1) is 0 Å². The van der Waals surface area contributed by atoms with E-state index in [4.69, 9.17) is 16.3 Å². The van der Waals surface area contributed by atoms with E-state index in [1.165, 1.54) is 0 Å². The van der Waals surface area contributed by atoms with Crippen LogP contribution in [0.2, 0.25) is 5.02 Å². The molecule has 0 bridgehead atoms. The third-order valence-electron chi connectivity index (χ3n) is 2.00. The molecule has 80 valence electrons. The highest BCUT2D eigenvalue weighted by Gasteiger charge is 2.17. The summed E-state index contributed by atoms with van der Waals surface area (Å²) in [5.41, 5.74) is 1.82. The second-order valence-electron chi connectivity index (χ2n) is 3.12. The molecular weight excluding hydrogens is 232 g/mol. The zero-order chi connectivity index (χ0) is 10.7. The molecule has 1 heterocycles. The molecular formula is C10H11ClN2OS. The van der Waals surface area contributed by atoms with Crippen molar-refractivity contribution in [1.29, 1.82) is 0 Å². The average molecular weight is 243 g/mol. The Hall–Kier alpha value is -0.710. The van der Waals surface area contributed by atoms with Crippen molar-refractivity contribution in [3.63, 3.8) is 0 Å². The maximum absolute atomic E-state index is 5.79. The SMILES string of the molecule is CC(Oc1ccc(Cl)cc1)N1CN=CS1. The van der Waals surface area contributed by atoms with Gasteiger partial charge in [0.05, 0.1) is 5.55 Å². The maximum atomic E-state index is 5.79. The summed E-state index contributed by atoms with van der Waals surface area (Å²) in [7, 11) is 0. The van der Waals surface area contributed by atoms with Gasteiger partial charge in [0, 0.05) is 5.02 Å². The summed E-state index contributed by atoms with van der Waals surface area (Å²) >= 11 is 7.35. The molecule has 1 aromatic rings. The molecule has 3 nitrogen and oxygen atoms in total. The number of halogens is 1. The van der Waals surface area contributed by atoms with Gasteiger partial charge in [-0.2, -0.15) is 4.31 Å². The number of nitrogens with zero attached hydrogens (tertiary/aromatic N) is 2. The minimum atomic E-state index is -0.00123. The van der Waals surface area contributed by atoms with E-state index in [9.17, 15) is 0 Å². The first kappa shape index (κ1) is 10.8. The lowest BCUT2D eigenvalue weighted by Gasteiger charge is -2.22. The van der Waals surface area contributed by atoms with E-state index in [1.807, 2.05) is 36.7 Å². The fraction of sp³-hybridized carbons (Fsp3) is 0.300. The van der Waals surface area contributed by atoms with Gasteiger partial charge in [0.2, 0.25) is 0 Å². The first-order valence-electron chi connectivity index (χ1n) is 4.59. The first-order valence-corrected chi connectivity index (χ1v) is 5.81. The van der Waals surface area contributed by atoms with Gasteiger partial charge < -0.3 is 4.74 Å². The quantitative estimate of drug-likeness (QED) is 0.762. The van der Waals surface area contributed by atoms with Gasteiger partial charge in [0.1, 0.15) is 12.4 Å². The lowest BCUT2D eigenvalue weighted by molar-refractivity contribution is 0.118. The van der Waals surface area contributed by atoms with Gasteiger partial charge in [-0.25, -0.2) is 0 Å². The largest absolute Gasteiger partial charge is 0.475 e. The summed E-state index contributed by atoms with van der Waals surface area (Å²) in [6.07, 6.45) is -0.00123. The van der Waals surface area contributed by atoms with Gasteiger partial charge in [-0.3, -0.25) is 4.99 Å². The second kappa shape index (κ2) is 4.88. The normalized spacial score (nSPS) is 18.0. The molecule has 0 amide bonds. The topological polar surface area (TPSA) is 24.8 Å². The molecule has 2 rings (SSSR count). The number of aliphatic imine (C=N–C) groups is 1. The molecule has 0 fully saturated rings. The molecule has 15 heavy (non-hydrogen) atoms. The summed E-state index contributed by atoms with van der Waals surface area (Å²) in [4.78, 5) is 4.10. The lowest BCUT2D eigenvalue weighted by Crippen LogP contribution is -2.29. The van der Waals surface area contributed by atoms with Crippen molar-refractivity contribution in [2.24, 2.45) is 4.99 Å². The van der Waals surface area contributed by atoms with E-state index < -0.39 is 0 Å². The fourth-order valence-corrected chi connectivity index (χ4v) is 1.94. The Bertz CT molecular complexity index is 347. The van der Waals surface area contributed by atoms with Crippen molar-refractivity contribution < 1.29 is 4.74 Å². The number of rotatable bonds is 3. The third-order valence-corrected chi connectivity index (χ3v) is 3.18. The summed E-state index contributed by atoms with van der Waals surface area (Å²) in [6, 6.07) is 7.36.